The summed E-state index contributed by atoms with van der Waals surface area (Å²) in [6.07, 6.45) is 3.88. The molecule has 2 aromatic rings. The number of carbonyl (C=O) groups is 3. The van der Waals surface area contributed by atoms with E-state index in [4.69, 9.17) is 4.52 Å². The summed E-state index contributed by atoms with van der Waals surface area (Å²) in [5.74, 6) is -0.263. The molecular formula is C26H33N5O4. The zero-order chi connectivity index (χ0) is 24.4. The number of nitrogens with one attached hydrogen (secondary N) is 2. The third-order valence-corrected chi connectivity index (χ3v) is 7.73. The van der Waals surface area contributed by atoms with Gasteiger partial charge in [0.2, 0.25) is 23.4 Å². The Kier molecular flexibility index (Phi) is 6.97. The number of likely N-dealkylation sites (tertiary alicyclic amines) is 2. The lowest BCUT2D eigenvalue weighted by Crippen LogP contribution is -2.60. The Morgan fingerprint density at radius 2 is 1.66 bits per heavy atom. The normalized spacial score (nSPS) is 23.8. The maximum atomic E-state index is 12.6. The molecule has 0 unspecified atom stereocenters. The molecule has 2 aliphatic heterocycles. The van der Waals surface area contributed by atoms with Crippen molar-refractivity contribution in [3.05, 3.63) is 42.2 Å². The molecule has 3 fully saturated rings. The standard InChI is InChI=1S/C26H33N5O4/c1-30-9-7-21(8-10-30)31-15-20(16-31)26(34)28-27-25(33)19-11-17(12-19)13-23(32)24-14-22(29-35-24)18-5-3-2-4-6-18/h2-6,14,17,19-21H,7-13,15-16H2,1H3,(H,27,33)(H,28,34). The average Bonchev–Trinajstić information content (AvgIpc) is 3.31. The summed E-state index contributed by atoms with van der Waals surface area (Å²) in [5, 5.41) is 4.00. The minimum atomic E-state index is -0.181. The van der Waals surface area contributed by atoms with E-state index in [0.29, 0.717) is 31.0 Å². The minimum absolute atomic E-state index is 0.0654. The van der Waals surface area contributed by atoms with E-state index in [-0.39, 0.29) is 41.1 Å². The zero-order valence-corrected chi connectivity index (χ0v) is 20.1. The summed E-state index contributed by atoms with van der Waals surface area (Å²) in [7, 11) is 2.14. The zero-order valence-electron chi connectivity index (χ0n) is 20.1. The Balaban J connectivity index is 0.986. The molecule has 1 aromatic carbocycles. The van der Waals surface area contributed by atoms with Crippen LogP contribution in [0.1, 0.15) is 42.7 Å². The number of aromatic nitrogens is 1. The molecule has 3 heterocycles. The number of benzene rings is 1. The number of hydrogen-bond acceptors (Lipinski definition) is 7. The topological polar surface area (TPSA) is 108 Å². The van der Waals surface area contributed by atoms with Crippen LogP contribution in [-0.4, -0.2) is 71.8 Å². The minimum Gasteiger partial charge on any atom is -0.352 e. The van der Waals surface area contributed by atoms with Gasteiger partial charge in [0, 0.05) is 43.1 Å². The summed E-state index contributed by atoms with van der Waals surface area (Å²) >= 11 is 0. The molecule has 2 saturated heterocycles. The van der Waals surface area contributed by atoms with Crippen molar-refractivity contribution in [2.45, 2.75) is 38.1 Å². The van der Waals surface area contributed by atoms with E-state index in [1.807, 2.05) is 30.3 Å². The summed E-state index contributed by atoms with van der Waals surface area (Å²) in [5.41, 5.74) is 6.72. The lowest BCUT2D eigenvalue weighted by atomic mass is 9.72. The molecule has 9 heteroatoms. The fraction of sp³-hybridized carbons (Fsp3) is 0.538. The van der Waals surface area contributed by atoms with E-state index in [0.717, 1.165) is 44.6 Å². The smallest absolute Gasteiger partial charge is 0.244 e. The van der Waals surface area contributed by atoms with Crippen LogP contribution in [-0.2, 0) is 9.59 Å². The molecule has 0 atom stereocenters. The van der Waals surface area contributed by atoms with Gasteiger partial charge in [0.15, 0.2) is 0 Å². The van der Waals surface area contributed by atoms with Gasteiger partial charge in [0.25, 0.3) is 0 Å². The second-order valence-electron chi connectivity index (χ2n) is 10.3. The SMILES string of the molecule is CN1CCC(N2CC(C(=O)NNC(=O)C3CC(CC(=O)c4cc(-c5ccccc5)no4)C3)C2)CC1. The lowest BCUT2D eigenvalue weighted by Gasteiger charge is -2.46. The highest BCUT2D eigenvalue weighted by molar-refractivity contribution is 5.94. The first-order chi connectivity index (χ1) is 17.0. The van der Waals surface area contributed by atoms with Gasteiger partial charge in [-0.05, 0) is 51.7 Å². The van der Waals surface area contributed by atoms with Crippen LogP contribution in [0.15, 0.2) is 40.9 Å². The number of Topliss-reactive ketones (excluding diaryl/α,β-unsaturated/α-hetero) is 1. The highest BCUT2D eigenvalue weighted by Gasteiger charge is 2.39. The Morgan fingerprint density at radius 3 is 2.34 bits per heavy atom. The van der Waals surface area contributed by atoms with E-state index >= 15 is 0 Å². The van der Waals surface area contributed by atoms with Gasteiger partial charge in [-0.25, -0.2) is 0 Å². The van der Waals surface area contributed by atoms with Crippen LogP contribution in [0, 0.1) is 17.8 Å². The maximum absolute atomic E-state index is 12.6. The van der Waals surface area contributed by atoms with Crippen molar-refractivity contribution in [2.24, 2.45) is 17.8 Å². The van der Waals surface area contributed by atoms with Crippen molar-refractivity contribution in [1.82, 2.24) is 25.8 Å². The third kappa shape index (κ3) is 5.46. The summed E-state index contributed by atoms with van der Waals surface area (Å²) in [4.78, 5) is 42.1. The molecule has 5 rings (SSSR count). The Hall–Kier alpha value is -3.04. The number of ketones is 1. The summed E-state index contributed by atoms with van der Waals surface area (Å²) < 4.78 is 5.25. The first kappa shape index (κ1) is 23.7. The monoisotopic (exact) mass is 479 g/mol. The van der Waals surface area contributed by atoms with E-state index in [2.05, 4.69) is 32.9 Å². The summed E-state index contributed by atoms with van der Waals surface area (Å²) in [6, 6.07) is 11.8. The Bertz CT molecular complexity index is 1050. The number of piperidine rings is 1. The van der Waals surface area contributed by atoms with Crippen LogP contribution in [0.25, 0.3) is 11.3 Å². The number of nitrogens with zero attached hydrogens (tertiary/aromatic N) is 3. The highest BCUT2D eigenvalue weighted by Crippen LogP contribution is 2.37. The number of hydrazine groups is 1. The van der Waals surface area contributed by atoms with Crippen LogP contribution < -0.4 is 10.9 Å². The van der Waals surface area contributed by atoms with Crippen LogP contribution in [0.2, 0.25) is 0 Å². The first-order valence-corrected chi connectivity index (χ1v) is 12.5. The molecule has 0 radical (unpaired) electrons. The van der Waals surface area contributed by atoms with Gasteiger partial charge in [-0.15, -0.1) is 0 Å². The third-order valence-electron chi connectivity index (χ3n) is 7.73. The van der Waals surface area contributed by atoms with Crippen molar-refractivity contribution < 1.29 is 18.9 Å². The predicted molar refractivity (Wildman–Crippen MR) is 129 cm³/mol. The molecule has 0 spiro atoms. The molecule has 35 heavy (non-hydrogen) atoms. The van der Waals surface area contributed by atoms with Crippen molar-refractivity contribution in [2.75, 3.05) is 33.2 Å². The number of rotatable bonds is 7. The van der Waals surface area contributed by atoms with Gasteiger partial charge >= 0.3 is 0 Å². The first-order valence-electron chi connectivity index (χ1n) is 12.5. The number of amides is 2. The molecular weight excluding hydrogens is 446 g/mol. The molecule has 1 aliphatic carbocycles. The average molecular weight is 480 g/mol. The fourth-order valence-electron chi connectivity index (χ4n) is 5.29. The van der Waals surface area contributed by atoms with Crippen LogP contribution in [0.5, 0.6) is 0 Å². The van der Waals surface area contributed by atoms with Gasteiger partial charge in [0.05, 0.1) is 5.92 Å². The summed E-state index contributed by atoms with van der Waals surface area (Å²) in [6.45, 7) is 3.74. The van der Waals surface area contributed by atoms with Gasteiger partial charge in [-0.1, -0.05) is 35.5 Å². The maximum Gasteiger partial charge on any atom is 0.244 e. The molecule has 2 N–H and O–H groups in total. The van der Waals surface area contributed by atoms with E-state index < -0.39 is 0 Å². The largest absolute Gasteiger partial charge is 0.352 e. The molecule has 2 amide bonds. The van der Waals surface area contributed by atoms with Crippen molar-refractivity contribution in [1.29, 1.82) is 0 Å². The van der Waals surface area contributed by atoms with Crippen LogP contribution >= 0.6 is 0 Å². The van der Waals surface area contributed by atoms with Crippen LogP contribution in [0.4, 0.5) is 0 Å². The van der Waals surface area contributed by atoms with Gasteiger partial charge in [-0.2, -0.15) is 0 Å². The fourth-order valence-corrected chi connectivity index (χ4v) is 5.29. The van der Waals surface area contributed by atoms with Crippen LogP contribution in [0.3, 0.4) is 0 Å². The quantitative estimate of drug-likeness (QED) is 0.463. The Morgan fingerprint density at radius 1 is 1.00 bits per heavy atom. The molecule has 186 valence electrons. The molecule has 1 aromatic heterocycles. The molecule has 3 aliphatic rings. The number of hydrogen-bond donors (Lipinski definition) is 2. The lowest BCUT2D eigenvalue weighted by molar-refractivity contribution is -0.139. The van der Waals surface area contributed by atoms with E-state index in [1.54, 1.807) is 6.07 Å². The second-order valence-corrected chi connectivity index (χ2v) is 10.3. The predicted octanol–water partition coefficient (Wildman–Crippen LogP) is 2.11. The highest BCUT2D eigenvalue weighted by atomic mass is 16.5. The number of carbonyl (C=O) groups excluding carboxylic acids is 3. The van der Waals surface area contributed by atoms with Gasteiger partial charge < -0.3 is 9.42 Å². The Labute approximate surface area is 205 Å². The van der Waals surface area contributed by atoms with Gasteiger partial charge in [-0.3, -0.25) is 30.1 Å². The van der Waals surface area contributed by atoms with Gasteiger partial charge in [0.1, 0.15) is 5.69 Å². The molecule has 0 bridgehead atoms. The van der Waals surface area contributed by atoms with E-state index in [9.17, 15) is 14.4 Å². The van der Waals surface area contributed by atoms with Crippen molar-refractivity contribution in [3.8, 4) is 11.3 Å². The molecule has 9 nitrogen and oxygen atoms in total. The van der Waals surface area contributed by atoms with Crippen molar-refractivity contribution >= 4 is 17.6 Å². The van der Waals surface area contributed by atoms with Crippen molar-refractivity contribution in [3.63, 3.8) is 0 Å². The van der Waals surface area contributed by atoms with E-state index in [1.165, 1.54) is 0 Å². The molecule has 1 saturated carbocycles. The second kappa shape index (κ2) is 10.3.